The lowest BCUT2D eigenvalue weighted by Crippen LogP contribution is -2.25. The number of carbonyl (C=O) groups is 1. The van der Waals surface area contributed by atoms with E-state index in [0.717, 1.165) is 40.1 Å². The zero-order chi connectivity index (χ0) is 29.4. The number of carbonyl (C=O) groups excluding carboxylic acids is 1. The van der Waals surface area contributed by atoms with E-state index < -0.39 is 0 Å². The van der Waals surface area contributed by atoms with E-state index in [1.165, 1.54) is 16.5 Å². The summed E-state index contributed by atoms with van der Waals surface area (Å²) in [6.45, 7) is 3.89. The normalized spacial score (nSPS) is 11.7. The van der Waals surface area contributed by atoms with Crippen molar-refractivity contribution >= 4 is 16.8 Å². The molecule has 0 fully saturated rings. The number of nitrogens with one attached hydrogen (secondary N) is 1. The number of hydrogen-bond acceptors (Lipinski definition) is 2. The third kappa shape index (κ3) is 7.04. The Morgan fingerprint density at radius 1 is 0.721 bits per heavy atom. The summed E-state index contributed by atoms with van der Waals surface area (Å²) in [5.41, 5.74) is 8.10. The Bertz CT molecular complexity index is 1770. The van der Waals surface area contributed by atoms with Gasteiger partial charge in [0, 0.05) is 42.5 Å². The van der Waals surface area contributed by atoms with Crippen LogP contribution < -0.4 is 10.1 Å². The third-order valence-corrected chi connectivity index (χ3v) is 7.92. The van der Waals surface area contributed by atoms with Gasteiger partial charge in [-0.25, -0.2) is 0 Å². The van der Waals surface area contributed by atoms with Crippen molar-refractivity contribution < 1.29 is 9.53 Å². The van der Waals surface area contributed by atoms with E-state index in [4.69, 9.17) is 4.74 Å². The first kappa shape index (κ1) is 28.0. The van der Waals surface area contributed by atoms with Gasteiger partial charge >= 0.3 is 0 Å². The molecule has 0 radical (unpaired) electrons. The van der Waals surface area contributed by atoms with E-state index >= 15 is 0 Å². The van der Waals surface area contributed by atoms with Gasteiger partial charge in [0.2, 0.25) is 5.91 Å². The second-order valence-electron chi connectivity index (χ2n) is 11.1. The van der Waals surface area contributed by atoms with Gasteiger partial charge in [-0.15, -0.1) is 0 Å². The van der Waals surface area contributed by atoms with Gasteiger partial charge in [0.25, 0.3) is 0 Å². The Labute approximate surface area is 253 Å². The Kier molecular flexibility index (Phi) is 8.65. The van der Waals surface area contributed by atoms with Crippen LogP contribution in [0.4, 0.5) is 0 Å². The molecular weight excluding hydrogens is 528 g/mol. The summed E-state index contributed by atoms with van der Waals surface area (Å²) in [6.07, 6.45) is 2.58. The number of aromatic nitrogens is 1. The van der Waals surface area contributed by atoms with Crippen LogP contribution in [0.3, 0.4) is 0 Å². The van der Waals surface area contributed by atoms with Gasteiger partial charge in [0.15, 0.2) is 0 Å². The largest absolute Gasteiger partial charge is 0.489 e. The van der Waals surface area contributed by atoms with Crippen molar-refractivity contribution in [3.63, 3.8) is 0 Å². The van der Waals surface area contributed by atoms with Crippen molar-refractivity contribution in [2.24, 2.45) is 0 Å². The van der Waals surface area contributed by atoms with Gasteiger partial charge in [0.05, 0.1) is 0 Å². The Balaban J connectivity index is 1.30. The maximum absolute atomic E-state index is 13.4. The van der Waals surface area contributed by atoms with E-state index in [0.29, 0.717) is 19.6 Å². The highest BCUT2D eigenvalue weighted by Crippen LogP contribution is 2.36. The van der Waals surface area contributed by atoms with Gasteiger partial charge in [-0.1, -0.05) is 121 Å². The fraction of sp³-hybridized carbons (Fsp3) is 0.154. The lowest BCUT2D eigenvalue weighted by Gasteiger charge is -2.18. The maximum Gasteiger partial charge on any atom is 0.221 e. The van der Waals surface area contributed by atoms with Crippen LogP contribution in [0.15, 0.2) is 140 Å². The standard InChI is InChI=1S/C39H36N2O2/c1-29-16-18-31(19-17-29)26-41-27-37(35-14-8-9-15-38(35)41)36(24-39(42)40-25-30-10-4-2-5-11-30)33-20-22-34(23-21-33)43-28-32-12-6-3-7-13-32/h2-23,27,36H,24-26,28H2,1H3,(H,40,42)/t36-/m0/s1. The lowest BCUT2D eigenvalue weighted by atomic mass is 9.88. The van der Waals surface area contributed by atoms with Gasteiger partial charge < -0.3 is 14.6 Å². The van der Waals surface area contributed by atoms with Gasteiger partial charge in [-0.3, -0.25) is 4.79 Å². The van der Waals surface area contributed by atoms with Crippen LogP contribution in [0.5, 0.6) is 5.75 Å². The van der Waals surface area contributed by atoms with Crippen molar-refractivity contribution in [3.8, 4) is 5.75 Å². The van der Waals surface area contributed by atoms with Crippen LogP contribution in [0.1, 0.15) is 45.7 Å². The second kappa shape index (κ2) is 13.3. The minimum atomic E-state index is -0.122. The number of fused-ring (bicyclic) bond motifs is 1. The van der Waals surface area contributed by atoms with E-state index in [-0.39, 0.29) is 11.8 Å². The van der Waals surface area contributed by atoms with Crippen LogP contribution in [-0.2, 0) is 24.5 Å². The molecule has 0 aliphatic carbocycles. The number of hydrogen-bond donors (Lipinski definition) is 1. The number of aryl methyl sites for hydroxylation is 1. The maximum atomic E-state index is 13.4. The summed E-state index contributed by atoms with van der Waals surface area (Å²) >= 11 is 0. The highest BCUT2D eigenvalue weighted by atomic mass is 16.5. The summed E-state index contributed by atoms with van der Waals surface area (Å²) in [4.78, 5) is 13.4. The number of ether oxygens (including phenoxy) is 1. The molecule has 43 heavy (non-hydrogen) atoms. The molecule has 6 rings (SSSR count). The average molecular weight is 565 g/mol. The summed E-state index contributed by atoms with van der Waals surface area (Å²) in [6, 6.07) is 45.6. The topological polar surface area (TPSA) is 43.3 Å². The second-order valence-corrected chi connectivity index (χ2v) is 11.1. The van der Waals surface area contributed by atoms with Gasteiger partial charge in [-0.2, -0.15) is 0 Å². The molecule has 4 nitrogen and oxygen atoms in total. The molecule has 4 heteroatoms. The smallest absolute Gasteiger partial charge is 0.221 e. The molecule has 0 bridgehead atoms. The summed E-state index contributed by atoms with van der Waals surface area (Å²) in [5, 5.41) is 4.31. The first-order valence-corrected chi connectivity index (χ1v) is 14.8. The van der Waals surface area contributed by atoms with E-state index in [9.17, 15) is 4.79 Å². The van der Waals surface area contributed by atoms with Crippen LogP contribution >= 0.6 is 0 Å². The van der Waals surface area contributed by atoms with Crippen LogP contribution in [0.25, 0.3) is 10.9 Å². The summed E-state index contributed by atoms with van der Waals surface area (Å²) in [7, 11) is 0. The lowest BCUT2D eigenvalue weighted by molar-refractivity contribution is -0.121. The van der Waals surface area contributed by atoms with Crippen molar-refractivity contribution in [1.29, 1.82) is 0 Å². The molecule has 0 saturated carbocycles. The van der Waals surface area contributed by atoms with Gasteiger partial charge in [-0.05, 0) is 52.9 Å². The third-order valence-electron chi connectivity index (χ3n) is 7.92. The molecule has 1 amide bonds. The fourth-order valence-electron chi connectivity index (χ4n) is 5.57. The molecule has 0 unspecified atom stereocenters. The molecule has 1 atom stereocenters. The minimum Gasteiger partial charge on any atom is -0.489 e. The van der Waals surface area contributed by atoms with Crippen molar-refractivity contribution in [1.82, 2.24) is 9.88 Å². The van der Waals surface area contributed by atoms with E-state index in [1.54, 1.807) is 0 Å². The highest BCUT2D eigenvalue weighted by Gasteiger charge is 2.23. The summed E-state index contributed by atoms with van der Waals surface area (Å²) in [5.74, 6) is 0.707. The van der Waals surface area contributed by atoms with Crippen LogP contribution in [0.2, 0.25) is 0 Å². The Morgan fingerprint density at radius 2 is 1.37 bits per heavy atom. The number of benzene rings is 5. The molecule has 0 spiro atoms. The van der Waals surface area contributed by atoms with Crippen molar-refractivity contribution in [3.05, 3.63) is 173 Å². The molecule has 0 saturated heterocycles. The van der Waals surface area contributed by atoms with E-state index in [2.05, 4.69) is 95.8 Å². The quantitative estimate of drug-likeness (QED) is 0.172. The predicted octanol–water partition coefficient (Wildman–Crippen LogP) is 8.42. The molecule has 214 valence electrons. The zero-order valence-corrected chi connectivity index (χ0v) is 24.4. The molecule has 1 heterocycles. The predicted molar refractivity (Wildman–Crippen MR) is 174 cm³/mol. The zero-order valence-electron chi connectivity index (χ0n) is 24.4. The first-order chi connectivity index (χ1) is 21.1. The Hall–Kier alpha value is -5.09. The minimum absolute atomic E-state index is 0.0219. The Morgan fingerprint density at radius 3 is 2.09 bits per heavy atom. The average Bonchev–Trinajstić information content (AvgIpc) is 3.42. The first-order valence-electron chi connectivity index (χ1n) is 14.8. The molecule has 5 aromatic carbocycles. The molecule has 6 aromatic rings. The molecule has 1 N–H and O–H groups in total. The van der Waals surface area contributed by atoms with Crippen molar-refractivity contribution in [2.75, 3.05) is 0 Å². The molecule has 0 aliphatic rings. The van der Waals surface area contributed by atoms with Crippen LogP contribution in [-0.4, -0.2) is 10.5 Å². The SMILES string of the molecule is Cc1ccc(Cn2cc([C@@H](CC(=O)NCc3ccccc3)c3ccc(OCc4ccccc4)cc3)c3ccccc32)cc1. The van der Waals surface area contributed by atoms with Crippen molar-refractivity contribution in [2.45, 2.75) is 39.0 Å². The fourth-order valence-corrected chi connectivity index (χ4v) is 5.57. The summed E-state index contributed by atoms with van der Waals surface area (Å²) < 4.78 is 8.37. The van der Waals surface area contributed by atoms with E-state index in [1.807, 2.05) is 60.7 Å². The monoisotopic (exact) mass is 564 g/mol. The number of nitrogens with zero attached hydrogens (tertiary/aromatic N) is 1. The number of rotatable bonds is 11. The number of amides is 1. The molecule has 1 aromatic heterocycles. The molecule has 0 aliphatic heterocycles. The van der Waals surface area contributed by atoms with Gasteiger partial charge in [0.1, 0.15) is 12.4 Å². The molecular formula is C39H36N2O2. The highest BCUT2D eigenvalue weighted by molar-refractivity contribution is 5.87. The van der Waals surface area contributed by atoms with Crippen LogP contribution in [0, 0.1) is 6.92 Å². The number of para-hydroxylation sites is 1.